The van der Waals surface area contributed by atoms with E-state index in [1.165, 1.54) is 0 Å². The van der Waals surface area contributed by atoms with E-state index in [0.717, 1.165) is 36.7 Å². The SMILES string of the molecule is Cl.NC1CCCC(C(=O)Nc2nc3ccccc3[nH]2)C1. The van der Waals surface area contributed by atoms with Gasteiger partial charge in [-0.1, -0.05) is 18.6 Å². The van der Waals surface area contributed by atoms with Crippen LogP contribution in [0.5, 0.6) is 0 Å². The van der Waals surface area contributed by atoms with Gasteiger partial charge in [-0.2, -0.15) is 0 Å². The lowest BCUT2D eigenvalue weighted by Gasteiger charge is -2.25. The largest absolute Gasteiger partial charge is 0.328 e. The first kappa shape index (κ1) is 14.8. The second-order valence-electron chi connectivity index (χ2n) is 5.22. The van der Waals surface area contributed by atoms with Crippen LogP contribution in [0.1, 0.15) is 25.7 Å². The van der Waals surface area contributed by atoms with Crippen molar-refractivity contribution >= 4 is 35.3 Å². The Balaban J connectivity index is 0.00000147. The zero-order chi connectivity index (χ0) is 13.2. The second kappa shape index (κ2) is 6.24. The van der Waals surface area contributed by atoms with Gasteiger partial charge in [0.1, 0.15) is 0 Å². The molecule has 2 atom stereocenters. The maximum absolute atomic E-state index is 12.2. The molecule has 0 aliphatic heterocycles. The van der Waals surface area contributed by atoms with E-state index < -0.39 is 0 Å². The molecule has 6 heteroatoms. The number of H-pyrrole nitrogens is 1. The summed E-state index contributed by atoms with van der Waals surface area (Å²) in [5.41, 5.74) is 7.70. The number of aromatic amines is 1. The number of para-hydroxylation sites is 2. The van der Waals surface area contributed by atoms with Crippen LogP contribution in [0.15, 0.2) is 24.3 Å². The Bertz CT molecular complexity index is 565. The summed E-state index contributed by atoms with van der Waals surface area (Å²) < 4.78 is 0. The van der Waals surface area contributed by atoms with E-state index in [9.17, 15) is 4.79 Å². The summed E-state index contributed by atoms with van der Waals surface area (Å²) in [6.07, 6.45) is 3.74. The molecule has 20 heavy (non-hydrogen) atoms. The van der Waals surface area contributed by atoms with Gasteiger partial charge in [0.15, 0.2) is 0 Å². The summed E-state index contributed by atoms with van der Waals surface area (Å²) >= 11 is 0. The number of aromatic nitrogens is 2. The minimum atomic E-state index is 0. The van der Waals surface area contributed by atoms with E-state index in [-0.39, 0.29) is 30.3 Å². The summed E-state index contributed by atoms with van der Waals surface area (Å²) in [5, 5.41) is 2.86. The van der Waals surface area contributed by atoms with E-state index in [0.29, 0.717) is 5.95 Å². The van der Waals surface area contributed by atoms with Gasteiger partial charge in [-0.3, -0.25) is 10.1 Å². The maximum Gasteiger partial charge on any atom is 0.229 e. The van der Waals surface area contributed by atoms with Crippen molar-refractivity contribution in [3.8, 4) is 0 Å². The molecule has 1 fully saturated rings. The number of halogens is 1. The number of hydrogen-bond donors (Lipinski definition) is 3. The second-order valence-corrected chi connectivity index (χ2v) is 5.22. The average Bonchev–Trinajstić information content (AvgIpc) is 2.80. The van der Waals surface area contributed by atoms with Crippen LogP contribution in [-0.4, -0.2) is 21.9 Å². The van der Waals surface area contributed by atoms with E-state index in [2.05, 4.69) is 15.3 Å². The lowest BCUT2D eigenvalue weighted by Crippen LogP contribution is -2.34. The molecule has 0 spiro atoms. The monoisotopic (exact) mass is 294 g/mol. The highest BCUT2D eigenvalue weighted by atomic mass is 35.5. The smallest absolute Gasteiger partial charge is 0.229 e. The highest BCUT2D eigenvalue weighted by molar-refractivity contribution is 5.92. The normalized spacial score (nSPS) is 22.2. The molecule has 1 saturated carbocycles. The number of benzene rings is 1. The van der Waals surface area contributed by atoms with Gasteiger partial charge in [-0.15, -0.1) is 12.4 Å². The molecule has 1 aromatic carbocycles. The Morgan fingerprint density at radius 2 is 2.15 bits per heavy atom. The van der Waals surface area contributed by atoms with E-state index in [4.69, 9.17) is 5.73 Å². The number of carbonyl (C=O) groups is 1. The van der Waals surface area contributed by atoms with Crippen molar-refractivity contribution in [2.45, 2.75) is 31.7 Å². The van der Waals surface area contributed by atoms with Gasteiger partial charge in [0.05, 0.1) is 11.0 Å². The molecule has 0 bridgehead atoms. The van der Waals surface area contributed by atoms with Crippen molar-refractivity contribution in [1.82, 2.24) is 9.97 Å². The number of hydrogen-bond acceptors (Lipinski definition) is 3. The fourth-order valence-electron chi connectivity index (χ4n) is 2.70. The van der Waals surface area contributed by atoms with Crippen LogP contribution in [0.2, 0.25) is 0 Å². The van der Waals surface area contributed by atoms with Gasteiger partial charge in [0.25, 0.3) is 0 Å². The molecule has 108 valence electrons. The Morgan fingerprint density at radius 1 is 1.35 bits per heavy atom. The number of rotatable bonds is 2. The standard InChI is InChI=1S/C14H18N4O.ClH/c15-10-5-3-4-9(8-10)13(19)18-14-16-11-6-1-2-7-12(11)17-14;/h1-2,6-7,9-10H,3-5,8,15H2,(H2,16,17,18,19);1H. The Morgan fingerprint density at radius 3 is 2.90 bits per heavy atom. The number of fused-ring (bicyclic) bond motifs is 1. The van der Waals surface area contributed by atoms with Crippen molar-refractivity contribution in [2.24, 2.45) is 11.7 Å². The minimum Gasteiger partial charge on any atom is -0.328 e. The molecule has 0 saturated heterocycles. The molecule has 1 aromatic heterocycles. The van der Waals surface area contributed by atoms with Crippen LogP contribution >= 0.6 is 12.4 Å². The molecule has 1 heterocycles. The highest BCUT2D eigenvalue weighted by Gasteiger charge is 2.25. The molecule has 2 aromatic rings. The van der Waals surface area contributed by atoms with Gasteiger partial charge in [-0.25, -0.2) is 4.98 Å². The summed E-state index contributed by atoms with van der Waals surface area (Å²) in [6.45, 7) is 0. The van der Waals surface area contributed by atoms with Crippen molar-refractivity contribution in [2.75, 3.05) is 5.32 Å². The first-order valence-electron chi connectivity index (χ1n) is 6.73. The van der Waals surface area contributed by atoms with Gasteiger partial charge in [-0.05, 0) is 31.4 Å². The van der Waals surface area contributed by atoms with E-state index in [1.54, 1.807) is 0 Å². The maximum atomic E-state index is 12.2. The van der Waals surface area contributed by atoms with Gasteiger partial charge >= 0.3 is 0 Å². The molecule has 3 rings (SSSR count). The molecular formula is C14H19ClN4O. The molecule has 4 N–H and O–H groups in total. The molecule has 2 unspecified atom stereocenters. The third kappa shape index (κ3) is 3.11. The predicted octanol–water partition coefficient (Wildman–Crippen LogP) is 2.44. The molecule has 1 amide bonds. The summed E-state index contributed by atoms with van der Waals surface area (Å²) in [6, 6.07) is 7.87. The first-order chi connectivity index (χ1) is 9.22. The minimum absolute atomic E-state index is 0. The van der Waals surface area contributed by atoms with Gasteiger partial charge < -0.3 is 10.7 Å². The number of imidazole rings is 1. The zero-order valence-corrected chi connectivity index (χ0v) is 12.0. The summed E-state index contributed by atoms with van der Waals surface area (Å²) in [5.74, 6) is 0.552. The number of anilines is 1. The molecule has 0 radical (unpaired) electrons. The third-order valence-electron chi connectivity index (χ3n) is 3.72. The first-order valence-corrected chi connectivity index (χ1v) is 6.73. The number of nitrogens with one attached hydrogen (secondary N) is 2. The Hall–Kier alpha value is -1.59. The fourth-order valence-corrected chi connectivity index (χ4v) is 2.70. The number of nitrogens with zero attached hydrogens (tertiary/aromatic N) is 1. The van der Waals surface area contributed by atoms with E-state index >= 15 is 0 Å². The molecule has 5 nitrogen and oxygen atoms in total. The number of carbonyl (C=O) groups excluding carboxylic acids is 1. The fraction of sp³-hybridized carbons (Fsp3) is 0.429. The lowest BCUT2D eigenvalue weighted by atomic mass is 9.85. The van der Waals surface area contributed by atoms with Gasteiger partial charge in [0, 0.05) is 12.0 Å². The third-order valence-corrected chi connectivity index (χ3v) is 3.72. The molecular weight excluding hydrogens is 276 g/mol. The van der Waals surface area contributed by atoms with Crippen molar-refractivity contribution in [3.05, 3.63) is 24.3 Å². The number of amides is 1. The molecule has 1 aliphatic carbocycles. The van der Waals surface area contributed by atoms with Crippen molar-refractivity contribution < 1.29 is 4.79 Å². The van der Waals surface area contributed by atoms with Crippen LogP contribution in [0, 0.1) is 5.92 Å². The Labute approximate surface area is 123 Å². The topological polar surface area (TPSA) is 83.8 Å². The predicted molar refractivity (Wildman–Crippen MR) is 81.9 cm³/mol. The van der Waals surface area contributed by atoms with Crippen LogP contribution < -0.4 is 11.1 Å². The van der Waals surface area contributed by atoms with Crippen LogP contribution in [-0.2, 0) is 4.79 Å². The Kier molecular flexibility index (Phi) is 4.62. The van der Waals surface area contributed by atoms with Crippen LogP contribution in [0.25, 0.3) is 11.0 Å². The van der Waals surface area contributed by atoms with Crippen LogP contribution in [0.4, 0.5) is 5.95 Å². The quantitative estimate of drug-likeness (QED) is 0.795. The summed E-state index contributed by atoms with van der Waals surface area (Å²) in [4.78, 5) is 19.6. The lowest BCUT2D eigenvalue weighted by molar-refractivity contribution is -0.120. The number of nitrogens with two attached hydrogens (primary N) is 1. The van der Waals surface area contributed by atoms with Crippen molar-refractivity contribution in [3.63, 3.8) is 0 Å². The highest BCUT2D eigenvalue weighted by Crippen LogP contribution is 2.24. The summed E-state index contributed by atoms with van der Waals surface area (Å²) in [7, 11) is 0. The zero-order valence-electron chi connectivity index (χ0n) is 11.1. The average molecular weight is 295 g/mol. The van der Waals surface area contributed by atoms with Crippen molar-refractivity contribution in [1.29, 1.82) is 0 Å². The van der Waals surface area contributed by atoms with Gasteiger partial charge in [0.2, 0.25) is 11.9 Å². The van der Waals surface area contributed by atoms with E-state index in [1.807, 2.05) is 24.3 Å². The van der Waals surface area contributed by atoms with Crippen LogP contribution in [0.3, 0.4) is 0 Å². The molecule has 1 aliphatic rings.